The molecule has 1 amide bonds. The Labute approximate surface area is 120 Å². The minimum atomic E-state index is 0.179. The summed E-state index contributed by atoms with van der Waals surface area (Å²) in [6, 6.07) is 6.27. The number of nitrogens with zero attached hydrogens (tertiary/aromatic N) is 1. The van der Waals surface area contributed by atoms with Crippen LogP contribution in [0.25, 0.3) is 0 Å². The van der Waals surface area contributed by atoms with Crippen LogP contribution in [0.15, 0.2) is 18.2 Å². The predicted octanol–water partition coefficient (Wildman–Crippen LogP) is 2.57. The van der Waals surface area contributed by atoms with E-state index in [1.807, 2.05) is 6.07 Å². The number of carbonyl (C=O) groups is 1. The Kier molecular flexibility index (Phi) is 3.92. The smallest absolute Gasteiger partial charge is 0.227 e. The molecule has 0 radical (unpaired) electrons. The summed E-state index contributed by atoms with van der Waals surface area (Å²) in [5.41, 5.74) is 3.29. The number of hydrogen-bond donors (Lipinski definition) is 1. The van der Waals surface area contributed by atoms with E-state index < -0.39 is 0 Å². The summed E-state index contributed by atoms with van der Waals surface area (Å²) in [4.78, 5) is 14.3. The van der Waals surface area contributed by atoms with Gasteiger partial charge in [0.15, 0.2) is 0 Å². The summed E-state index contributed by atoms with van der Waals surface area (Å²) in [5.74, 6) is 0.409. The summed E-state index contributed by atoms with van der Waals surface area (Å²) in [7, 11) is 0. The maximum Gasteiger partial charge on any atom is 0.227 e. The van der Waals surface area contributed by atoms with E-state index in [1.165, 1.54) is 12.1 Å². The number of amides is 1. The van der Waals surface area contributed by atoms with Crippen LogP contribution in [-0.2, 0) is 9.53 Å². The molecule has 1 saturated carbocycles. The van der Waals surface area contributed by atoms with Crippen LogP contribution in [0.3, 0.4) is 0 Å². The molecule has 4 heteroatoms. The summed E-state index contributed by atoms with van der Waals surface area (Å²) in [6.07, 6.45) is 3.26. The summed E-state index contributed by atoms with van der Waals surface area (Å²) in [5, 5.41) is 3.06. The largest absolute Gasteiger partial charge is 0.378 e. The second-order valence-electron chi connectivity index (χ2n) is 5.72. The summed E-state index contributed by atoms with van der Waals surface area (Å²) in [6.45, 7) is 5.51. The predicted molar refractivity (Wildman–Crippen MR) is 80.2 cm³/mol. The average Bonchev–Trinajstić information content (AvgIpc) is 2.40. The highest BCUT2D eigenvalue weighted by molar-refractivity contribution is 5.93. The van der Waals surface area contributed by atoms with Gasteiger partial charge in [0, 0.05) is 30.4 Å². The zero-order valence-electron chi connectivity index (χ0n) is 12.0. The van der Waals surface area contributed by atoms with E-state index in [4.69, 9.17) is 4.74 Å². The first-order chi connectivity index (χ1) is 9.74. The SMILES string of the molecule is Cc1cc(N2CCOCC2)ccc1NC(=O)C1CCC1. The topological polar surface area (TPSA) is 41.6 Å². The molecule has 0 atom stereocenters. The second-order valence-corrected chi connectivity index (χ2v) is 5.72. The molecule has 1 N–H and O–H groups in total. The van der Waals surface area contributed by atoms with Crippen molar-refractivity contribution in [1.82, 2.24) is 0 Å². The third kappa shape index (κ3) is 2.80. The van der Waals surface area contributed by atoms with E-state index >= 15 is 0 Å². The fourth-order valence-corrected chi connectivity index (χ4v) is 2.71. The van der Waals surface area contributed by atoms with Gasteiger partial charge in [-0.1, -0.05) is 6.42 Å². The van der Waals surface area contributed by atoms with Gasteiger partial charge in [-0.2, -0.15) is 0 Å². The molecule has 20 heavy (non-hydrogen) atoms. The molecule has 1 aliphatic carbocycles. The molecule has 0 bridgehead atoms. The third-order valence-electron chi connectivity index (χ3n) is 4.32. The number of nitrogens with one attached hydrogen (secondary N) is 1. The van der Waals surface area contributed by atoms with Crippen molar-refractivity contribution in [3.63, 3.8) is 0 Å². The van der Waals surface area contributed by atoms with Gasteiger partial charge in [-0.3, -0.25) is 4.79 Å². The lowest BCUT2D eigenvalue weighted by Crippen LogP contribution is -2.36. The quantitative estimate of drug-likeness (QED) is 0.921. The lowest BCUT2D eigenvalue weighted by molar-refractivity contribution is -0.122. The van der Waals surface area contributed by atoms with Crippen LogP contribution in [0.2, 0.25) is 0 Å². The Bertz CT molecular complexity index is 491. The first-order valence-electron chi connectivity index (χ1n) is 7.48. The van der Waals surface area contributed by atoms with Gasteiger partial charge in [0.2, 0.25) is 5.91 Å². The fourth-order valence-electron chi connectivity index (χ4n) is 2.71. The van der Waals surface area contributed by atoms with E-state index in [2.05, 4.69) is 29.3 Å². The van der Waals surface area contributed by atoms with E-state index in [0.717, 1.165) is 50.4 Å². The zero-order valence-corrected chi connectivity index (χ0v) is 12.0. The van der Waals surface area contributed by atoms with E-state index in [1.54, 1.807) is 0 Å². The average molecular weight is 274 g/mol. The Morgan fingerprint density at radius 2 is 2.05 bits per heavy atom. The van der Waals surface area contributed by atoms with Crippen LogP contribution in [0, 0.1) is 12.8 Å². The summed E-state index contributed by atoms with van der Waals surface area (Å²) < 4.78 is 5.37. The van der Waals surface area contributed by atoms with Crippen molar-refractivity contribution < 1.29 is 9.53 Å². The van der Waals surface area contributed by atoms with Crippen LogP contribution in [0.5, 0.6) is 0 Å². The number of morpholine rings is 1. The maximum atomic E-state index is 12.0. The van der Waals surface area contributed by atoms with Crippen LogP contribution in [-0.4, -0.2) is 32.2 Å². The molecular formula is C16H22N2O2. The van der Waals surface area contributed by atoms with Crippen LogP contribution < -0.4 is 10.2 Å². The zero-order chi connectivity index (χ0) is 13.9. The van der Waals surface area contributed by atoms with Crippen molar-refractivity contribution in [3.05, 3.63) is 23.8 Å². The van der Waals surface area contributed by atoms with Gasteiger partial charge in [-0.05, 0) is 43.5 Å². The van der Waals surface area contributed by atoms with Crippen LogP contribution in [0.4, 0.5) is 11.4 Å². The van der Waals surface area contributed by atoms with E-state index in [9.17, 15) is 4.79 Å². The fraction of sp³-hybridized carbons (Fsp3) is 0.562. The van der Waals surface area contributed by atoms with Crippen LogP contribution >= 0.6 is 0 Å². The molecule has 108 valence electrons. The number of aryl methyl sites for hydroxylation is 1. The highest BCUT2D eigenvalue weighted by Gasteiger charge is 2.25. The number of anilines is 2. The Morgan fingerprint density at radius 3 is 2.65 bits per heavy atom. The molecule has 1 aliphatic heterocycles. The third-order valence-corrected chi connectivity index (χ3v) is 4.32. The summed E-state index contributed by atoms with van der Waals surface area (Å²) >= 11 is 0. The molecule has 0 aromatic heterocycles. The standard InChI is InChI=1S/C16H22N2O2/c1-12-11-14(18-7-9-20-10-8-18)5-6-15(12)17-16(19)13-3-2-4-13/h5-6,11,13H,2-4,7-10H2,1H3,(H,17,19). The van der Waals surface area contributed by atoms with Gasteiger partial charge in [0.05, 0.1) is 13.2 Å². The lowest BCUT2D eigenvalue weighted by Gasteiger charge is -2.29. The van der Waals surface area contributed by atoms with Gasteiger partial charge in [0.25, 0.3) is 0 Å². The number of carbonyl (C=O) groups excluding carboxylic acids is 1. The van der Waals surface area contributed by atoms with Crippen molar-refractivity contribution in [1.29, 1.82) is 0 Å². The second kappa shape index (κ2) is 5.83. The molecule has 1 saturated heterocycles. The molecule has 1 heterocycles. The van der Waals surface area contributed by atoms with Gasteiger partial charge in [0.1, 0.15) is 0 Å². The van der Waals surface area contributed by atoms with Crippen LogP contribution in [0.1, 0.15) is 24.8 Å². The Morgan fingerprint density at radius 1 is 1.30 bits per heavy atom. The van der Waals surface area contributed by atoms with Gasteiger partial charge in [-0.25, -0.2) is 0 Å². The molecule has 1 aromatic carbocycles. The molecule has 2 aliphatic rings. The first-order valence-corrected chi connectivity index (χ1v) is 7.48. The van der Waals surface area contributed by atoms with E-state index in [-0.39, 0.29) is 11.8 Å². The monoisotopic (exact) mass is 274 g/mol. The number of rotatable bonds is 3. The molecule has 3 rings (SSSR count). The molecule has 2 fully saturated rings. The first kappa shape index (κ1) is 13.4. The van der Waals surface area contributed by atoms with Crippen molar-refractivity contribution in [3.8, 4) is 0 Å². The highest BCUT2D eigenvalue weighted by atomic mass is 16.5. The normalized spacial score (nSPS) is 19.6. The van der Waals surface area contributed by atoms with Crippen molar-refractivity contribution in [2.45, 2.75) is 26.2 Å². The van der Waals surface area contributed by atoms with Gasteiger partial charge >= 0.3 is 0 Å². The van der Waals surface area contributed by atoms with Gasteiger partial charge in [-0.15, -0.1) is 0 Å². The Balaban J connectivity index is 1.68. The minimum absolute atomic E-state index is 0.179. The molecule has 1 aromatic rings. The minimum Gasteiger partial charge on any atom is -0.378 e. The lowest BCUT2D eigenvalue weighted by atomic mass is 9.85. The molecule has 0 unspecified atom stereocenters. The van der Waals surface area contributed by atoms with E-state index in [0.29, 0.717) is 0 Å². The Hall–Kier alpha value is -1.55. The highest BCUT2D eigenvalue weighted by Crippen LogP contribution is 2.29. The molecule has 4 nitrogen and oxygen atoms in total. The number of ether oxygens (including phenoxy) is 1. The van der Waals surface area contributed by atoms with Crippen molar-refractivity contribution >= 4 is 17.3 Å². The number of hydrogen-bond acceptors (Lipinski definition) is 3. The van der Waals surface area contributed by atoms with Crippen molar-refractivity contribution in [2.75, 3.05) is 36.5 Å². The molecule has 0 spiro atoms. The van der Waals surface area contributed by atoms with Crippen molar-refractivity contribution in [2.24, 2.45) is 5.92 Å². The molecular weight excluding hydrogens is 252 g/mol. The van der Waals surface area contributed by atoms with Gasteiger partial charge < -0.3 is 15.0 Å². The maximum absolute atomic E-state index is 12.0. The number of benzene rings is 1.